The maximum absolute atomic E-state index is 11.9. The fourth-order valence-electron chi connectivity index (χ4n) is 3.15. The maximum Gasteiger partial charge on any atom is 0.340 e. The lowest BCUT2D eigenvalue weighted by atomic mass is 9.98. The number of epoxide rings is 1. The van der Waals surface area contributed by atoms with Crippen LogP contribution in [0.15, 0.2) is 0 Å². The average Bonchev–Trinajstić information content (AvgIpc) is 3.29. The van der Waals surface area contributed by atoms with E-state index in [2.05, 4.69) is 0 Å². The largest absolute Gasteiger partial charge is 0.463 e. The summed E-state index contributed by atoms with van der Waals surface area (Å²) in [5.41, 5.74) is -0.687. The van der Waals surface area contributed by atoms with Crippen LogP contribution in [0.3, 0.4) is 0 Å². The normalized spacial score (nSPS) is 26.8. The van der Waals surface area contributed by atoms with Gasteiger partial charge in [0.25, 0.3) is 0 Å². The Morgan fingerprint density at radius 2 is 1.73 bits per heavy atom. The van der Waals surface area contributed by atoms with Crippen molar-refractivity contribution >= 4 is 5.97 Å². The number of hydrogen-bond donors (Lipinski definition) is 0. The molecule has 1 aliphatic heterocycles. The standard InChI is InChI=1S/C18H32O4/c1-2-12-21-17(19)18(15-22-18)11-13-20-14-16-9-7-5-3-4-6-8-10-16/h16H,2-15H2,1H3. The van der Waals surface area contributed by atoms with Crippen LogP contribution in [0.2, 0.25) is 0 Å². The Morgan fingerprint density at radius 3 is 2.32 bits per heavy atom. The van der Waals surface area contributed by atoms with Crippen molar-refractivity contribution in [3.63, 3.8) is 0 Å². The number of rotatable bonds is 8. The van der Waals surface area contributed by atoms with Crippen LogP contribution in [0.25, 0.3) is 0 Å². The second-order valence-corrected chi connectivity index (χ2v) is 6.81. The highest BCUT2D eigenvalue weighted by atomic mass is 16.6. The van der Waals surface area contributed by atoms with Gasteiger partial charge in [0.1, 0.15) is 0 Å². The lowest BCUT2D eigenvalue weighted by molar-refractivity contribution is -0.150. The van der Waals surface area contributed by atoms with Gasteiger partial charge in [0.05, 0.1) is 19.8 Å². The van der Waals surface area contributed by atoms with Crippen molar-refractivity contribution < 1.29 is 19.0 Å². The summed E-state index contributed by atoms with van der Waals surface area (Å²) in [6.07, 6.45) is 12.3. The second-order valence-electron chi connectivity index (χ2n) is 6.81. The van der Waals surface area contributed by atoms with Crippen LogP contribution in [0, 0.1) is 5.92 Å². The maximum atomic E-state index is 11.9. The van der Waals surface area contributed by atoms with Gasteiger partial charge in [0.15, 0.2) is 5.60 Å². The fraction of sp³-hybridized carbons (Fsp3) is 0.944. The molecule has 4 heteroatoms. The van der Waals surface area contributed by atoms with Gasteiger partial charge in [-0.2, -0.15) is 0 Å². The van der Waals surface area contributed by atoms with E-state index in [1.54, 1.807) is 0 Å². The Morgan fingerprint density at radius 1 is 1.09 bits per heavy atom. The lowest BCUT2D eigenvalue weighted by Gasteiger charge is -2.17. The zero-order valence-electron chi connectivity index (χ0n) is 14.1. The zero-order valence-corrected chi connectivity index (χ0v) is 14.1. The number of carbonyl (C=O) groups is 1. The Labute approximate surface area is 134 Å². The van der Waals surface area contributed by atoms with Crippen LogP contribution in [0.4, 0.5) is 0 Å². The molecule has 4 nitrogen and oxygen atoms in total. The van der Waals surface area contributed by atoms with Crippen LogP contribution >= 0.6 is 0 Å². The van der Waals surface area contributed by atoms with Gasteiger partial charge in [0.2, 0.25) is 0 Å². The summed E-state index contributed by atoms with van der Waals surface area (Å²) in [5, 5.41) is 0. The van der Waals surface area contributed by atoms with E-state index in [4.69, 9.17) is 14.2 Å². The van der Waals surface area contributed by atoms with Crippen molar-refractivity contribution in [3.05, 3.63) is 0 Å². The summed E-state index contributed by atoms with van der Waals surface area (Å²) in [6, 6.07) is 0. The summed E-state index contributed by atoms with van der Waals surface area (Å²) >= 11 is 0. The van der Waals surface area contributed by atoms with Gasteiger partial charge >= 0.3 is 5.97 Å². The van der Waals surface area contributed by atoms with E-state index in [1.807, 2.05) is 6.92 Å². The highest BCUT2D eigenvalue weighted by molar-refractivity contribution is 5.82. The third-order valence-corrected chi connectivity index (χ3v) is 4.78. The van der Waals surface area contributed by atoms with E-state index < -0.39 is 5.60 Å². The summed E-state index contributed by atoms with van der Waals surface area (Å²) < 4.78 is 16.4. The van der Waals surface area contributed by atoms with Crippen LogP contribution in [-0.4, -0.2) is 38.0 Å². The van der Waals surface area contributed by atoms with Gasteiger partial charge in [-0.05, 0) is 25.2 Å². The van der Waals surface area contributed by atoms with Crippen molar-refractivity contribution in [2.75, 3.05) is 26.4 Å². The molecule has 22 heavy (non-hydrogen) atoms. The molecule has 2 aliphatic rings. The molecule has 1 aliphatic carbocycles. The molecule has 2 rings (SSSR count). The monoisotopic (exact) mass is 312 g/mol. The van der Waals surface area contributed by atoms with E-state index in [0.717, 1.165) is 13.0 Å². The molecule has 1 unspecified atom stereocenters. The number of carbonyl (C=O) groups excluding carboxylic acids is 1. The minimum Gasteiger partial charge on any atom is -0.463 e. The number of hydrogen-bond acceptors (Lipinski definition) is 4. The van der Waals surface area contributed by atoms with Crippen LogP contribution in [0.5, 0.6) is 0 Å². The molecular weight excluding hydrogens is 280 g/mol. The van der Waals surface area contributed by atoms with E-state index in [-0.39, 0.29) is 5.97 Å². The molecule has 1 saturated heterocycles. The molecule has 1 saturated carbocycles. The summed E-state index contributed by atoms with van der Waals surface area (Å²) in [6.45, 7) is 4.39. The molecule has 0 aromatic rings. The molecule has 128 valence electrons. The van der Waals surface area contributed by atoms with E-state index in [0.29, 0.717) is 32.2 Å². The SMILES string of the molecule is CCCOC(=O)C1(CCOCC2CCCCCCCC2)CO1. The smallest absolute Gasteiger partial charge is 0.340 e. The summed E-state index contributed by atoms with van der Waals surface area (Å²) in [4.78, 5) is 11.9. The zero-order chi connectivity index (χ0) is 15.7. The molecule has 1 atom stereocenters. The minimum atomic E-state index is -0.687. The van der Waals surface area contributed by atoms with Crippen LogP contribution in [0.1, 0.15) is 71.1 Å². The lowest BCUT2D eigenvalue weighted by Crippen LogP contribution is -2.29. The molecular formula is C18H32O4. The van der Waals surface area contributed by atoms with E-state index >= 15 is 0 Å². The van der Waals surface area contributed by atoms with Crippen molar-refractivity contribution in [1.82, 2.24) is 0 Å². The highest BCUT2D eigenvalue weighted by Gasteiger charge is 2.53. The Hall–Kier alpha value is -0.610. The molecule has 0 N–H and O–H groups in total. The van der Waals surface area contributed by atoms with Crippen molar-refractivity contribution in [3.8, 4) is 0 Å². The van der Waals surface area contributed by atoms with Crippen molar-refractivity contribution in [2.45, 2.75) is 76.7 Å². The molecule has 0 bridgehead atoms. The number of ether oxygens (including phenoxy) is 3. The van der Waals surface area contributed by atoms with Crippen LogP contribution in [-0.2, 0) is 19.0 Å². The summed E-state index contributed by atoms with van der Waals surface area (Å²) in [7, 11) is 0. The van der Waals surface area contributed by atoms with Crippen molar-refractivity contribution in [2.24, 2.45) is 5.92 Å². The Kier molecular flexibility index (Phi) is 7.67. The van der Waals surface area contributed by atoms with Gasteiger partial charge in [-0.25, -0.2) is 4.79 Å². The predicted molar refractivity (Wildman–Crippen MR) is 85.8 cm³/mol. The van der Waals surface area contributed by atoms with Gasteiger partial charge in [-0.1, -0.05) is 45.4 Å². The average molecular weight is 312 g/mol. The second kappa shape index (κ2) is 9.51. The van der Waals surface area contributed by atoms with Crippen molar-refractivity contribution in [1.29, 1.82) is 0 Å². The summed E-state index contributed by atoms with van der Waals surface area (Å²) in [5.74, 6) is 0.488. The topological polar surface area (TPSA) is 48.1 Å². The van der Waals surface area contributed by atoms with Gasteiger partial charge in [0, 0.05) is 13.0 Å². The third-order valence-electron chi connectivity index (χ3n) is 4.78. The molecule has 0 radical (unpaired) electrons. The Bertz CT molecular complexity index is 315. The predicted octanol–water partition coefficient (Wildman–Crippen LogP) is 3.87. The first-order valence-corrected chi connectivity index (χ1v) is 9.16. The quantitative estimate of drug-likeness (QED) is 0.388. The fourth-order valence-corrected chi connectivity index (χ4v) is 3.15. The first-order chi connectivity index (χ1) is 10.8. The highest BCUT2D eigenvalue weighted by Crippen LogP contribution is 2.32. The molecule has 0 aromatic carbocycles. The van der Waals surface area contributed by atoms with E-state index in [1.165, 1.54) is 51.4 Å². The number of esters is 1. The Balaban J connectivity index is 1.60. The van der Waals surface area contributed by atoms with E-state index in [9.17, 15) is 4.79 Å². The molecule has 0 aromatic heterocycles. The molecule has 0 spiro atoms. The minimum absolute atomic E-state index is 0.208. The molecule has 1 heterocycles. The first-order valence-electron chi connectivity index (χ1n) is 9.16. The van der Waals surface area contributed by atoms with Gasteiger partial charge in [-0.3, -0.25) is 0 Å². The molecule has 0 amide bonds. The van der Waals surface area contributed by atoms with Crippen LogP contribution < -0.4 is 0 Å². The molecule has 2 fully saturated rings. The van der Waals surface area contributed by atoms with Gasteiger partial charge in [-0.15, -0.1) is 0 Å². The third kappa shape index (κ3) is 5.88. The first kappa shape index (κ1) is 17.7. The van der Waals surface area contributed by atoms with Gasteiger partial charge < -0.3 is 14.2 Å².